The van der Waals surface area contributed by atoms with E-state index in [4.69, 9.17) is 15.2 Å². The Hall–Kier alpha value is -3.08. The van der Waals surface area contributed by atoms with Crippen LogP contribution < -0.4 is 10.5 Å². The van der Waals surface area contributed by atoms with E-state index in [2.05, 4.69) is 4.99 Å². The second kappa shape index (κ2) is 7.21. The number of hydrogen-bond donors (Lipinski definition) is 1. The van der Waals surface area contributed by atoms with Gasteiger partial charge in [-0.05, 0) is 48.4 Å². The van der Waals surface area contributed by atoms with Gasteiger partial charge in [-0.1, -0.05) is 18.2 Å². The van der Waals surface area contributed by atoms with Gasteiger partial charge in [-0.25, -0.2) is 9.79 Å². The summed E-state index contributed by atoms with van der Waals surface area (Å²) in [5, 5.41) is 0. The molecule has 0 aromatic heterocycles. The zero-order chi connectivity index (χ0) is 17.8. The van der Waals surface area contributed by atoms with Crippen LogP contribution in [-0.4, -0.2) is 25.5 Å². The number of nitrogens with zero attached hydrogens (tertiary/aromatic N) is 1. The highest BCUT2D eigenvalue weighted by Crippen LogP contribution is 2.32. The fourth-order valence-corrected chi connectivity index (χ4v) is 2.74. The summed E-state index contributed by atoms with van der Waals surface area (Å²) in [7, 11) is 1.64. The maximum Gasteiger partial charge on any atom is 0.334 e. The Labute approximate surface area is 146 Å². The number of amidine groups is 1. The van der Waals surface area contributed by atoms with Gasteiger partial charge >= 0.3 is 5.97 Å². The van der Waals surface area contributed by atoms with E-state index in [0.717, 1.165) is 28.1 Å². The molecule has 0 amide bonds. The first kappa shape index (κ1) is 16.8. The quantitative estimate of drug-likeness (QED) is 0.864. The maximum absolute atomic E-state index is 12.1. The first-order chi connectivity index (χ1) is 12.1. The van der Waals surface area contributed by atoms with Crippen LogP contribution in [0.25, 0.3) is 17.2 Å². The number of ether oxygens (including phenoxy) is 2. The third kappa shape index (κ3) is 3.71. The number of carbonyl (C=O) groups is 1. The summed E-state index contributed by atoms with van der Waals surface area (Å²) in [6.45, 7) is 2.10. The lowest BCUT2D eigenvalue weighted by Crippen LogP contribution is -2.16. The van der Waals surface area contributed by atoms with Crippen LogP contribution in [0.1, 0.15) is 18.9 Å². The van der Waals surface area contributed by atoms with Crippen LogP contribution in [0.3, 0.4) is 0 Å². The maximum atomic E-state index is 12.1. The molecule has 0 bridgehead atoms. The minimum Gasteiger partial charge on any atom is -0.497 e. The third-order valence-corrected chi connectivity index (χ3v) is 3.93. The van der Waals surface area contributed by atoms with E-state index in [1.807, 2.05) is 42.5 Å². The van der Waals surface area contributed by atoms with E-state index >= 15 is 0 Å². The van der Waals surface area contributed by atoms with Gasteiger partial charge < -0.3 is 15.2 Å². The zero-order valence-corrected chi connectivity index (χ0v) is 14.3. The molecule has 25 heavy (non-hydrogen) atoms. The topological polar surface area (TPSA) is 73.9 Å². The first-order valence-electron chi connectivity index (χ1n) is 8.10. The molecule has 1 heterocycles. The number of carbonyl (C=O) groups excluding carboxylic acids is 1. The fraction of sp³-hybridized carbons (Fsp3) is 0.200. The van der Waals surface area contributed by atoms with Crippen molar-refractivity contribution in [3.63, 3.8) is 0 Å². The SMILES string of the molecule is CCOC(=O)C1=Cc2cc(-c3cccc(OC)c3)ccc2N=C(N)C1. The highest BCUT2D eigenvalue weighted by atomic mass is 16.5. The predicted molar refractivity (Wildman–Crippen MR) is 98.9 cm³/mol. The molecule has 0 saturated carbocycles. The van der Waals surface area contributed by atoms with E-state index in [0.29, 0.717) is 18.0 Å². The monoisotopic (exact) mass is 336 g/mol. The Morgan fingerprint density at radius 3 is 2.76 bits per heavy atom. The number of hydrogen-bond acceptors (Lipinski definition) is 5. The van der Waals surface area contributed by atoms with Gasteiger partial charge in [-0.2, -0.15) is 0 Å². The molecule has 0 spiro atoms. The molecule has 0 unspecified atom stereocenters. The Bertz CT molecular complexity index is 869. The summed E-state index contributed by atoms with van der Waals surface area (Å²) >= 11 is 0. The summed E-state index contributed by atoms with van der Waals surface area (Å²) in [6, 6.07) is 13.7. The van der Waals surface area contributed by atoms with E-state index in [1.54, 1.807) is 20.1 Å². The average molecular weight is 336 g/mol. The molecule has 0 atom stereocenters. The van der Waals surface area contributed by atoms with E-state index in [9.17, 15) is 4.79 Å². The van der Waals surface area contributed by atoms with E-state index in [1.165, 1.54) is 0 Å². The number of benzene rings is 2. The second-order valence-corrected chi connectivity index (χ2v) is 5.68. The van der Waals surface area contributed by atoms with Crippen molar-refractivity contribution in [2.24, 2.45) is 10.7 Å². The standard InChI is InChI=1S/C20H20N2O3/c1-3-25-20(23)16-10-15-9-14(7-8-18(15)22-19(21)12-16)13-5-4-6-17(11-13)24-2/h4-11H,3,12H2,1-2H3,(H2,21,22). The number of rotatable bonds is 4. The molecule has 128 valence electrons. The molecule has 0 saturated heterocycles. The van der Waals surface area contributed by atoms with Crippen LogP contribution >= 0.6 is 0 Å². The first-order valence-corrected chi connectivity index (χ1v) is 8.10. The summed E-state index contributed by atoms with van der Waals surface area (Å²) in [4.78, 5) is 16.5. The number of aliphatic imine (C=N–C) groups is 1. The van der Waals surface area contributed by atoms with Crippen molar-refractivity contribution < 1.29 is 14.3 Å². The highest BCUT2D eigenvalue weighted by molar-refractivity contribution is 6.03. The van der Waals surface area contributed by atoms with E-state index in [-0.39, 0.29) is 12.4 Å². The van der Waals surface area contributed by atoms with Crippen LogP contribution in [0.4, 0.5) is 5.69 Å². The lowest BCUT2D eigenvalue weighted by Gasteiger charge is -2.08. The minimum atomic E-state index is -0.361. The molecule has 2 aromatic carbocycles. The molecule has 5 nitrogen and oxygen atoms in total. The van der Waals surface area contributed by atoms with Gasteiger partial charge in [0.1, 0.15) is 11.6 Å². The Morgan fingerprint density at radius 1 is 1.20 bits per heavy atom. The summed E-state index contributed by atoms with van der Waals surface area (Å²) in [5.74, 6) is 0.824. The Morgan fingerprint density at radius 2 is 2.00 bits per heavy atom. The lowest BCUT2D eigenvalue weighted by molar-refractivity contribution is -0.138. The molecule has 0 fully saturated rings. The van der Waals surface area contributed by atoms with Crippen LogP contribution in [0.2, 0.25) is 0 Å². The lowest BCUT2D eigenvalue weighted by atomic mass is 10.00. The normalized spacial score (nSPS) is 13.2. The molecule has 3 rings (SSSR count). The second-order valence-electron chi connectivity index (χ2n) is 5.68. The smallest absolute Gasteiger partial charge is 0.334 e. The number of fused-ring (bicyclic) bond motifs is 1. The Kier molecular flexibility index (Phi) is 4.84. The molecule has 2 N–H and O–H groups in total. The van der Waals surface area contributed by atoms with Crippen molar-refractivity contribution in [3.05, 3.63) is 53.6 Å². The molecular formula is C20H20N2O3. The van der Waals surface area contributed by atoms with Crippen molar-refractivity contribution in [1.29, 1.82) is 0 Å². The summed E-state index contributed by atoms with van der Waals surface area (Å²) in [5.41, 5.74) is 10.1. The van der Waals surface area contributed by atoms with Crippen LogP contribution in [0.15, 0.2) is 53.0 Å². The number of esters is 1. The predicted octanol–water partition coefficient (Wildman–Crippen LogP) is 3.70. The van der Waals surface area contributed by atoms with Crippen LogP contribution in [0.5, 0.6) is 5.75 Å². The minimum absolute atomic E-state index is 0.280. The molecule has 0 aliphatic carbocycles. The van der Waals surface area contributed by atoms with Gasteiger partial charge in [-0.15, -0.1) is 0 Å². The van der Waals surface area contributed by atoms with Crippen molar-refractivity contribution in [3.8, 4) is 16.9 Å². The molecule has 5 heteroatoms. The van der Waals surface area contributed by atoms with E-state index < -0.39 is 0 Å². The summed E-state index contributed by atoms with van der Waals surface area (Å²) < 4.78 is 10.4. The van der Waals surface area contributed by atoms with Crippen molar-refractivity contribution in [2.45, 2.75) is 13.3 Å². The Balaban J connectivity index is 2.06. The molecule has 1 aliphatic rings. The summed E-state index contributed by atoms with van der Waals surface area (Å²) in [6.07, 6.45) is 2.09. The fourth-order valence-electron chi connectivity index (χ4n) is 2.74. The van der Waals surface area contributed by atoms with Crippen LogP contribution in [0, 0.1) is 0 Å². The highest BCUT2D eigenvalue weighted by Gasteiger charge is 2.17. The number of nitrogens with two attached hydrogens (primary N) is 1. The van der Waals surface area contributed by atoms with Gasteiger partial charge in [0.25, 0.3) is 0 Å². The molecule has 0 radical (unpaired) electrons. The molecular weight excluding hydrogens is 316 g/mol. The van der Waals surface area contributed by atoms with Crippen molar-refractivity contribution in [2.75, 3.05) is 13.7 Å². The molecule has 2 aromatic rings. The van der Waals surface area contributed by atoms with Crippen molar-refractivity contribution in [1.82, 2.24) is 0 Å². The van der Waals surface area contributed by atoms with Gasteiger partial charge in [0.05, 0.1) is 19.4 Å². The zero-order valence-electron chi connectivity index (χ0n) is 14.3. The average Bonchev–Trinajstić information content (AvgIpc) is 2.79. The third-order valence-electron chi connectivity index (χ3n) is 3.93. The van der Waals surface area contributed by atoms with Crippen LogP contribution in [-0.2, 0) is 9.53 Å². The van der Waals surface area contributed by atoms with Crippen molar-refractivity contribution >= 4 is 23.6 Å². The van der Waals surface area contributed by atoms with Gasteiger partial charge in [0.15, 0.2) is 0 Å². The van der Waals surface area contributed by atoms with Gasteiger partial charge in [0.2, 0.25) is 0 Å². The molecule has 1 aliphatic heterocycles. The van der Waals surface area contributed by atoms with Gasteiger partial charge in [0, 0.05) is 17.6 Å². The largest absolute Gasteiger partial charge is 0.497 e. The number of methoxy groups -OCH3 is 1. The van der Waals surface area contributed by atoms with Gasteiger partial charge in [-0.3, -0.25) is 0 Å².